The number of nitrogens with two attached hydrogens (primary N) is 1. The third-order valence-corrected chi connectivity index (χ3v) is 6.41. The van der Waals surface area contributed by atoms with Crippen molar-refractivity contribution in [3.05, 3.63) is 101 Å². The fraction of sp³-hybridized carbons (Fsp3) is 0.200. The van der Waals surface area contributed by atoms with Gasteiger partial charge in [0.05, 0.1) is 13.3 Å². The molecule has 0 spiro atoms. The molecule has 40 heavy (non-hydrogen) atoms. The minimum absolute atomic E-state index is 0. The average Bonchev–Trinajstić information content (AvgIpc) is 3.28. The summed E-state index contributed by atoms with van der Waals surface area (Å²) in [7, 11) is 1.25. The summed E-state index contributed by atoms with van der Waals surface area (Å²) >= 11 is 0. The Balaban J connectivity index is 0.00000441. The van der Waals surface area contributed by atoms with Crippen molar-refractivity contribution >= 4 is 42.7 Å². The van der Waals surface area contributed by atoms with Gasteiger partial charge in [0.1, 0.15) is 13.2 Å². The van der Waals surface area contributed by atoms with Crippen LogP contribution in [0.25, 0.3) is 17.2 Å². The van der Waals surface area contributed by atoms with E-state index in [0.29, 0.717) is 0 Å². The topological polar surface area (TPSA) is 123 Å². The van der Waals surface area contributed by atoms with Crippen LogP contribution in [-0.4, -0.2) is 62.4 Å². The fourth-order valence-corrected chi connectivity index (χ4v) is 4.46. The molecule has 0 aromatic heterocycles. The lowest BCUT2D eigenvalue weighted by Gasteiger charge is -2.22. The molecule has 4 rings (SSSR count). The van der Waals surface area contributed by atoms with E-state index in [9.17, 15) is 14.4 Å². The summed E-state index contributed by atoms with van der Waals surface area (Å²) in [5.74, 6) is 4.11. The molecule has 9 nitrogen and oxygen atoms in total. The molecule has 0 fully saturated rings. The number of nitrogens with one attached hydrogen (secondary N) is 1. The molecule has 0 radical (unpaired) electrons. The quantitative estimate of drug-likeness (QED) is 0.127. The molecular weight excluding hydrogens is 532 g/mol. The van der Waals surface area contributed by atoms with Crippen LogP contribution in [0.4, 0.5) is 4.79 Å². The second-order valence-electron chi connectivity index (χ2n) is 8.87. The molecule has 208 valence electrons. The third-order valence-electron chi connectivity index (χ3n) is 6.41. The molecule has 0 aliphatic heterocycles. The van der Waals surface area contributed by atoms with Gasteiger partial charge in [-0.05, 0) is 39.5 Å². The van der Waals surface area contributed by atoms with Crippen LogP contribution < -0.4 is 11.2 Å². The molecule has 10 heteroatoms. The summed E-state index contributed by atoms with van der Waals surface area (Å²) in [6.45, 7) is 0.0155. The molecular formula is C30H31ClN4O5. The Kier molecular flexibility index (Phi) is 10.8. The molecule has 1 aliphatic rings. The normalized spacial score (nSPS) is 11.9. The summed E-state index contributed by atoms with van der Waals surface area (Å²) < 4.78 is 10.4. The van der Waals surface area contributed by atoms with Crippen molar-refractivity contribution in [3.63, 3.8) is 0 Å². The predicted octanol–water partition coefficient (Wildman–Crippen LogP) is 3.95. The number of carbonyl (C=O) groups is 3. The highest BCUT2D eigenvalue weighted by Crippen LogP contribution is 2.44. The molecule has 0 saturated carbocycles. The Morgan fingerprint density at radius 1 is 0.950 bits per heavy atom. The highest BCUT2D eigenvalue weighted by molar-refractivity contribution is 5.92. The van der Waals surface area contributed by atoms with Gasteiger partial charge in [0, 0.05) is 25.1 Å². The van der Waals surface area contributed by atoms with Gasteiger partial charge in [0.15, 0.2) is 0 Å². The second kappa shape index (κ2) is 14.5. The highest BCUT2D eigenvalue weighted by atomic mass is 35.5. The Morgan fingerprint density at radius 2 is 1.55 bits per heavy atom. The van der Waals surface area contributed by atoms with Crippen molar-refractivity contribution in [1.29, 1.82) is 0 Å². The van der Waals surface area contributed by atoms with Crippen LogP contribution in [0, 0.1) is 0 Å². The van der Waals surface area contributed by atoms with Gasteiger partial charge >= 0.3 is 12.1 Å². The average molecular weight is 563 g/mol. The van der Waals surface area contributed by atoms with Gasteiger partial charge in [-0.2, -0.15) is 5.10 Å². The molecule has 3 aromatic rings. The molecule has 0 unspecified atom stereocenters. The first-order valence-electron chi connectivity index (χ1n) is 12.5. The maximum absolute atomic E-state index is 13.0. The maximum atomic E-state index is 13.0. The van der Waals surface area contributed by atoms with Crippen LogP contribution >= 0.6 is 12.4 Å². The summed E-state index contributed by atoms with van der Waals surface area (Å²) in [4.78, 5) is 38.4. The number of carbonyl (C=O) groups excluding carboxylic acids is 3. The zero-order chi connectivity index (χ0) is 27.6. The van der Waals surface area contributed by atoms with E-state index < -0.39 is 12.1 Å². The molecule has 2 amide bonds. The minimum Gasteiger partial charge on any atom is -0.468 e. The van der Waals surface area contributed by atoms with Crippen molar-refractivity contribution in [2.24, 2.45) is 10.9 Å². The van der Waals surface area contributed by atoms with E-state index in [1.54, 1.807) is 6.08 Å². The number of hydrogen-bond donors (Lipinski definition) is 2. The lowest BCUT2D eigenvalue weighted by Crippen LogP contribution is -2.42. The molecule has 1 aliphatic carbocycles. The number of hydrazone groups is 1. The van der Waals surface area contributed by atoms with Crippen LogP contribution in [0.5, 0.6) is 0 Å². The SMILES string of the molecule is COC(=O)CN(CCNC(=O)C=Cc1ccc(C=NN)cc1)C(=O)OCC1c2ccccc2-c2ccccc21.Cl. The van der Waals surface area contributed by atoms with Crippen LogP contribution in [0.3, 0.4) is 0 Å². The number of halogens is 1. The lowest BCUT2D eigenvalue weighted by molar-refractivity contribution is -0.141. The third kappa shape index (κ3) is 7.48. The molecule has 3 N–H and O–H groups in total. The number of methoxy groups -OCH3 is 1. The van der Waals surface area contributed by atoms with Crippen LogP contribution in [-0.2, 0) is 19.1 Å². The number of hydrogen-bond acceptors (Lipinski definition) is 7. The smallest absolute Gasteiger partial charge is 0.410 e. The van der Waals surface area contributed by atoms with Gasteiger partial charge in [0.2, 0.25) is 5.91 Å². The van der Waals surface area contributed by atoms with E-state index in [2.05, 4.69) is 22.6 Å². The largest absolute Gasteiger partial charge is 0.468 e. The molecule has 0 heterocycles. The summed E-state index contributed by atoms with van der Waals surface area (Å²) in [6.07, 6.45) is 3.92. The minimum atomic E-state index is -0.659. The number of rotatable bonds is 10. The second-order valence-corrected chi connectivity index (χ2v) is 8.87. The van der Waals surface area contributed by atoms with Crippen molar-refractivity contribution in [3.8, 4) is 11.1 Å². The standard InChI is InChI=1S/C30H30N4O5.ClH/c1-38-29(36)19-34(17-16-32-28(35)15-14-21-10-12-22(13-11-21)18-33-31)30(37)39-20-27-25-8-4-2-6-23(25)24-7-3-5-9-26(24)27;/h2-15,18,27H,16-17,19-20,31H2,1H3,(H,32,35);1H. The zero-order valence-electron chi connectivity index (χ0n) is 22.0. The predicted molar refractivity (Wildman–Crippen MR) is 156 cm³/mol. The van der Waals surface area contributed by atoms with Crippen LogP contribution in [0.15, 0.2) is 84.0 Å². The first kappa shape index (κ1) is 29.9. The van der Waals surface area contributed by atoms with Crippen molar-refractivity contribution in [2.45, 2.75) is 5.92 Å². The maximum Gasteiger partial charge on any atom is 0.410 e. The van der Waals surface area contributed by atoms with Crippen LogP contribution in [0.1, 0.15) is 28.2 Å². The first-order valence-corrected chi connectivity index (χ1v) is 12.5. The van der Waals surface area contributed by atoms with E-state index in [-0.39, 0.29) is 50.5 Å². The zero-order valence-corrected chi connectivity index (χ0v) is 22.8. The van der Waals surface area contributed by atoms with Crippen molar-refractivity contribution in [1.82, 2.24) is 10.2 Å². The van der Waals surface area contributed by atoms with Gasteiger partial charge < -0.3 is 20.6 Å². The van der Waals surface area contributed by atoms with E-state index in [1.165, 1.54) is 24.3 Å². The lowest BCUT2D eigenvalue weighted by atomic mass is 9.98. The Morgan fingerprint density at radius 3 is 2.15 bits per heavy atom. The number of benzene rings is 3. The number of esters is 1. The van der Waals surface area contributed by atoms with Crippen molar-refractivity contribution < 1.29 is 23.9 Å². The van der Waals surface area contributed by atoms with Gasteiger partial charge in [-0.1, -0.05) is 72.8 Å². The fourth-order valence-electron chi connectivity index (χ4n) is 4.46. The Bertz CT molecular complexity index is 1350. The van der Waals surface area contributed by atoms with Gasteiger partial charge in [-0.3, -0.25) is 14.5 Å². The van der Waals surface area contributed by atoms with E-state index >= 15 is 0 Å². The number of nitrogens with zero attached hydrogens (tertiary/aromatic N) is 2. The first-order chi connectivity index (χ1) is 19.0. The monoisotopic (exact) mass is 562 g/mol. The summed E-state index contributed by atoms with van der Waals surface area (Å²) in [5.41, 5.74) is 6.09. The molecule has 0 atom stereocenters. The van der Waals surface area contributed by atoms with Crippen molar-refractivity contribution in [2.75, 3.05) is 33.4 Å². The van der Waals surface area contributed by atoms with Gasteiger partial charge in [-0.15, -0.1) is 12.4 Å². The summed E-state index contributed by atoms with van der Waals surface area (Å²) in [5, 5.41) is 6.19. The Hall–Kier alpha value is -4.63. The summed E-state index contributed by atoms with van der Waals surface area (Å²) in [6, 6.07) is 23.4. The highest BCUT2D eigenvalue weighted by Gasteiger charge is 2.30. The molecule has 0 bridgehead atoms. The van der Waals surface area contributed by atoms with E-state index in [4.69, 9.17) is 15.3 Å². The molecule has 3 aromatic carbocycles. The van der Waals surface area contributed by atoms with Gasteiger partial charge in [-0.25, -0.2) is 4.79 Å². The number of ether oxygens (including phenoxy) is 2. The van der Waals surface area contributed by atoms with E-state index in [1.807, 2.05) is 60.7 Å². The van der Waals surface area contributed by atoms with Gasteiger partial charge in [0.25, 0.3) is 0 Å². The molecule has 0 saturated heterocycles. The number of amides is 2. The Labute approximate surface area is 239 Å². The number of fused-ring (bicyclic) bond motifs is 3. The van der Waals surface area contributed by atoms with E-state index in [0.717, 1.165) is 33.4 Å². The van der Waals surface area contributed by atoms with Crippen LogP contribution in [0.2, 0.25) is 0 Å².